The van der Waals surface area contributed by atoms with Crippen LogP contribution >= 0.6 is 0 Å². The van der Waals surface area contributed by atoms with Crippen LogP contribution in [0.25, 0.3) is 11.1 Å². The molecule has 1 aromatic heterocycles. The summed E-state index contributed by atoms with van der Waals surface area (Å²) < 4.78 is 43.9. The Morgan fingerprint density at radius 2 is 1.74 bits per heavy atom. The Bertz CT molecular complexity index is 1540. The number of methoxy groups -OCH3 is 1. The van der Waals surface area contributed by atoms with Crippen LogP contribution in [-0.4, -0.2) is 59.2 Å². The van der Waals surface area contributed by atoms with E-state index in [0.717, 1.165) is 5.56 Å². The molecule has 2 fully saturated rings. The molecule has 1 saturated heterocycles. The zero-order valence-corrected chi connectivity index (χ0v) is 24.4. The van der Waals surface area contributed by atoms with Crippen LogP contribution in [0.5, 0.6) is 5.75 Å². The fraction of sp³-hybridized carbons (Fsp3) is 0.375. The van der Waals surface area contributed by atoms with Gasteiger partial charge < -0.3 is 19.1 Å². The van der Waals surface area contributed by atoms with Gasteiger partial charge in [0.2, 0.25) is 0 Å². The molecule has 0 bridgehead atoms. The molecule has 1 spiro atoms. The number of aromatic nitrogens is 1. The molecular weight excluding hydrogens is 560 g/mol. The lowest BCUT2D eigenvalue weighted by atomic mass is 9.97. The van der Waals surface area contributed by atoms with Gasteiger partial charge in [0.1, 0.15) is 29.2 Å². The minimum atomic E-state index is -2.86. The maximum atomic E-state index is 13.9. The SMILES string of the molecule is COc1cnc(C(F)F)cc1-c1cc(N2CCN(C(=O)OCc3ccccc3)C3(CC3)C2=O)ccc1C(=O)OC(C)(C)C. The Hall–Kier alpha value is -4.54. The van der Waals surface area contributed by atoms with Crippen LogP contribution in [0.2, 0.25) is 0 Å². The molecule has 0 N–H and O–H groups in total. The van der Waals surface area contributed by atoms with Gasteiger partial charge in [-0.3, -0.25) is 14.7 Å². The summed E-state index contributed by atoms with van der Waals surface area (Å²) in [5.74, 6) is -0.772. The highest BCUT2D eigenvalue weighted by Gasteiger charge is 2.60. The van der Waals surface area contributed by atoms with E-state index in [2.05, 4.69) is 4.98 Å². The minimum absolute atomic E-state index is 0.0913. The van der Waals surface area contributed by atoms with Crippen molar-refractivity contribution < 1.29 is 37.4 Å². The van der Waals surface area contributed by atoms with E-state index in [1.165, 1.54) is 30.3 Å². The Morgan fingerprint density at radius 3 is 2.37 bits per heavy atom. The first-order chi connectivity index (χ1) is 20.4. The molecule has 2 aromatic carbocycles. The van der Waals surface area contributed by atoms with E-state index in [1.807, 2.05) is 30.3 Å². The van der Waals surface area contributed by atoms with Gasteiger partial charge in [-0.15, -0.1) is 0 Å². The summed E-state index contributed by atoms with van der Waals surface area (Å²) in [7, 11) is 1.37. The van der Waals surface area contributed by atoms with Crippen molar-refractivity contribution >= 4 is 23.7 Å². The summed E-state index contributed by atoms with van der Waals surface area (Å²) in [6, 6.07) is 15.2. The van der Waals surface area contributed by atoms with E-state index in [1.54, 1.807) is 37.8 Å². The lowest BCUT2D eigenvalue weighted by molar-refractivity contribution is -0.126. The minimum Gasteiger partial charge on any atom is -0.494 e. The first kappa shape index (κ1) is 29.9. The van der Waals surface area contributed by atoms with Crippen LogP contribution in [0, 0.1) is 0 Å². The van der Waals surface area contributed by atoms with E-state index in [0.29, 0.717) is 18.5 Å². The average Bonchev–Trinajstić information content (AvgIpc) is 3.77. The molecule has 9 nitrogen and oxygen atoms in total. The molecule has 3 aromatic rings. The Balaban J connectivity index is 1.48. The van der Waals surface area contributed by atoms with Crippen molar-refractivity contribution in [1.82, 2.24) is 9.88 Å². The summed E-state index contributed by atoms with van der Waals surface area (Å²) in [6.07, 6.45) is -1.27. The maximum Gasteiger partial charge on any atom is 0.411 e. The van der Waals surface area contributed by atoms with Crippen LogP contribution in [0.3, 0.4) is 0 Å². The average molecular weight is 594 g/mol. The second-order valence-corrected chi connectivity index (χ2v) is 11.5. The number of hydrogen-bond donors (Lipinski definition) is 0. The van der Waals surface area contributed by atoms with E-state index < -0.39 is 35.3 Å². The number of esters is 1. The highest BCUT2D eigenvalue weighted by Crippen LogP contribution is 2.47. The van der Waals surface area contributed by atoms with E-state index in [-0.39, 0.29) is 48.0 Å². The van der Waals surface area contributed by atoms with Gasteiger partial charge in [-0.1, -0.05) is 30.3 Å². The standard InChI is InChI=1S/C32H33F2N3O6/c1-31(2,3)43-28(38)22-11-10-21(16-23(22)24-17-25(27(33)34)35-18-26(24)41-4)36-14-15-37(32(12-13-32)29(36)39)30(40)42-19-20-8-6-5-7-9-20/h5-11,16-18,27H,12-15,19H2,1-4H3. The topological polar surface area (TPSA) is 98.3 Å². The first-order valence-electron chi connectivity index (χ1n) is 13.9. The molecule has 11 heteroatoms. The summed E-state index contributed by atoms with van der Waals surface area (Å²) >= 11 is 0. The van der Waals surface area contributed by atoms with Crippen LogP contribution < -0.4 is 9.64 Å². The van der Waals surface area contributed by atoms with Crippen molar-refractivity contribution in [3.63, 3.8) is 0 Å². The lowest BCUT2D eigenvalue weighted by Gasteiger charge is -2.40. The number of piperazine rings is 1. The Labute approximate surface area is 248 Å². The first-order valence-corrected chi connectivity index (χ1v) is 13.9. The smallest absolute Gasteiger partial charge is 0.411 e. The van der Waals surface area contributed by atoms with Crippen molar-refractivity contribution in [2.24, 2.45) is 0 Å². The molecule has 0 radical (unpaired) electrons. The molecule has 226 valence electrons. The zero-order valence-electron chi connectivity index (χ0n) is 24.4. The molecule has 2 aliphatic rings. The maximum absolute atomic E-state index is 13.9. The van der Waals surface area contributed by atoms with Gasteiger partial charge in [-0.25, -0.2) is 18.4 Å². The van der Waals surface area contributed by atoms with Crippen molar-refractivity contribution in [3.8, 4) is 16.9 Å². The van der Waals surface area contributed by atoms with Crippen molar-refractivity contribution in [2.75, 3.05) is 25.1 Å². The molecule has 2 heterocycles. The van der Waals surface area contributed by atoms with Gasteiger partial charge in [0.05, 0.1) is 18.9 Å². The predicted molar refractivity (Wildman–Crippen MR) is 154 cm³/mol. The fourth-order valence-electron chi connectivity index (χ4n) is 5.18. The quantitative estimate of drug-likeness (QED) is 0.302. The van der Waals surface area contributed by atoms with Crippen molar-refractivity contribution in [2.45, 2.75) is 57.8 Å². The number of benzene rings is 2. The number of carbonyl (C=O) groups is 3. The van der Waals surface area contributed by atoms with E-state index in [4.69, 9.17) is 14.2 Å². The van der Waals surface area contributed by atoms with Gasteiger partial charge >= 0.3 is 12.1 Å². The number of nitrogens with zero attached hydrogens (tertiary/aromatic N) is 3. The van der Waals surface area contributed by atoms with Gasteiger partial charge in [0.25, 0.3) is 12.3 Å². The highest BCUT2D eigenvalue weighted by atomic mass is 19.3. The Kier molecular flexibility index (Phi) is 8.09. The molecule has 0 unspecified atom stereocenters. The van der Waals surface area contributed by atoms with Crippen LogP contribution in [-0.2, 0) is 20.9 Å². The van der Waals surface area contributed by atoms with E-state index in [9.17, 15) is 23.2 Å². The summed E-state index contributed by atoms with van der Waals surface area (Å²) in [6.45, 7) is 5.66. The monoisotopic (exact) mass is 593 g/mol. The number of hydrogen-bond acceptors (Lipinski definition) is 7. The van der Waals surface area contributed by atoms with Gasteiger partial charge in [0.15, 0.2) is 0 Å². The summed E-state index contributed by atoms with van der Waals surface area (Å²) in [5.41, 5.74) is -0.496. The predicted octanol–water partition coefficient (Wildman–Crippen LogP) is 6.17. The van der Waals surface area contributed by atoms with Crippen molar-refractivity contribution in [3.05, 3.63) is 77.6 Å². The molecule has 1 saturated carbocycles. The zero-order chi connectivity index (χ0) is 30.9. The molecule has 1 aliphatic carbocycles. The number of amides is 2. The molecular formula is C32H33F2N3O6. The van der Waals surface area contributed by atoms with Crippen LogP contribution in [0.4, 0.5) is 19.3 Å². The molecule has 2 amide bonds. The second kappa shape index (κ2) is 11.6. The van der Waals surface area contributed by atoms with Crippen LogP contribution in [0.1, 0.15) is 61.7 Å². The van der Waals surface area contributed by atoms with E-state index >= 15 is 0 Å². The number of halogens is 2. The number of anilines is 1. The molecule has 43 heavy (non-hydrogen) atoms. The van der Waals surface area contributed by atoms with Crippen molar-refractivity contribution in [1.29, 1.82) is 0 Å². The molecule has 1 aliphatic heterocycles. The van der Waals surface area contributed by atoms with Crippen LogP contribution in [0.15, 0.2) is 60.8 Å². The van der Waals surface area contributed by atoms with Gasteiger partial charge in [0, 0.05) is 29.9 Å². The largest absolute Gasteiger partial charge is 0.494 e. The molecule has 0 atom stereocenters. The Morgan fingerprint density at radius 1 is 1.02 bits per heavy atom. The number of pyridine rings is 1. The van der Waals surface area contributed by atoms with Gasteiger partial charge in [-0.2, -0.15) is 0 Å². The van der Waals surface area contributed by atoms with Gasteiger partial charge in [-0.05, 0) is 63.4 Å². The normalized spacial score (nSPS) is 15.9. The summed E-state index contributed by atoms with van der Waals surface area (Å²) in [5, 5.41) is 0. The third-order valence-electron chi connectivity index (χ3n) is 7.41. The second-order valence-electron chi connectivity index (χ2n) is 11.5. The fourth-order valence-corrected chi connectivity index (χ4v) is 5.18. The molecule has 5 rings (SSSR count). The third-order valence-corrected chi connectivity index (χ3v) is 7.41. The highest BCUT2D eigenvalue weighted by molar-refractivity contribution is 6.06. The number of carbonyl (C=O) groups excluding carboxylic acids is 3. The number of rotatable bonds is 7. The third kappa shape index (κ3) is 6.16. The number of alkyl halides is 2. The number of ether oxygens (including phenoxy) is 3. The summed E-state index contributed by atoms with van der Waals surface area (Å²) in [4.78, 5) is 47.0. The lowest BCUT2D eigenvalue weighted by Crippen LogP contribution is -2.60.